The molecule has 96 valence electrons. The minimum atomic E-state index is -0.351. The Balaban J connectivity index is 2.12. The number of methoxy groups -OCH3 is 1. The van der Waals surface area contributed by atoms with Crippen LogP contribution >= 0.6 is 0 Å². The molecule has 0 atom stereocenters. The van der Waals surface area contributed by atoms with Crippen molar-refractivity contribution in [1.82, 2.24) is 0 Å². The molecule has 19 heavy (non-hydrogen) atoms. The Morgan fingerprint density at radius 3 is 2.47 bits per heavy atom. The summed E-state index contributed by atoms with van der Waals surface area (Å²) in [6.07, 6.45) is 3.74. The Morgan fingerprint density at radius 2 is 1.74 bits per heavy atom. The lowest BCUT2D eigenvalue weighted by molar-refractivity contribution is 0.0602. The summed E-state index contributed by atoms with van der Waals surface area (Å²) in [7, 11) is 1.37. The maximum atomic E-state index is 11.6. The van der Waals surface area contributed by atoms with Crippen molar-refractivity contribution in [3.63, 3.8) is 0 Å². The molecule has 0 bridgehead atoms. The van der Waals surface area contributed by atoms with Crippen molar-refractivity contribution in [3.05, 3.63) is 71.9 Å². The molecule has 3 nitrogen and oxygen atoms in total. The number of carbonyl (C=O) groups excluding carboxylic acids is 1. The summed E-state index contributed by atoms with van der Waals surface area (Å²) in [6, 6.07) is 17.2. The van der Waals surface area contributed by atoms with Gasteiger partial charge in [-0.2, -0.15) is 0 Å². The van der Waals surface area contributed by atoms with E-state index in [1.54, 1.807) is 18.3 Å². The number of ether oxygens (including phenoxy) is 1. The molecular weight excluding hydrogens is 238 g/mol. The van der Waals surface area contributed by atoms with Crippen LogP contribution in [-0.2, 0) is 4.74 Å². The molecule has 0 aliphatic heterocycles. The third-order valence-electron chi connectivity index (χ3n) is 2.65. The highest BCUT2D eigenvalue weighted by atomic mass is 16.5. The summed E-state index contributed by atoms with van der Waals surface area (Å²) < 4.78 is 4.74. The molecular formula is C16H15NO2. The maximum Gasteiger partial charge on any atom is 0.339 e. The number of esters is 1. The fourth-order valence-corrected chi connectivity index (χ4v) is 1.69. The third-order valence-corrected chi connectivity index (χ3v) is 2.65. The molecule has 2 rings (SSSR count). The first-order valence-corrected chi connectivity index (χ1v) is 5.97. The number of anilines is 1. The van der Waals surface area contributed by atoms with Gasteiger partial charge in [-0.25, -0.2) is 4.79 Å². The fraction of sp³-hybridized carbons (Fsp3) is 0.0625. The summed E-state index contributed by atoms with van der Waals surface area (Å²) in [5.74, 6) is -0.351. The van der Waals surface area contributed by atoms with Gasteiger partial charge in [0.1, 0.15) is 0 Å². The van der Waals surface area contributed by atoms with E-state index in [9.17, 15) is 4.79 Å². The Morgan fingerprint density at radius 1 is 1.05 bits per heavy atom. The van der Waals surface area contributed by atoms with E-state index in [4.69, 9.17) is 4.74 Å². The van der Waals surface area contributed by atoms with E-state index in [0.29, 0.717) is 5.56 Å². The number of para-hydroxylation sites is 1. The van der Waals surface area contributed by atoms with E-state index in [0.717, 1.165) is 11.3 Å². The van der Waals surface area contributed by atoms with E-state index >= 15 is 0 Å². The van der Waals surface area contributed by atoms with Gasteiger partial charge in [0.05, 0.1) is 18.4 Å². The van der Waals surface area contributed by atoms with Crippen molar-refractivity contribution in [2.75, 3.05) is 12.4 Å². The Labute approximate surface area is 112 Å². The molecule has 0 saturated carbocycles. The van der Waals surface area contributed by atoms with Crippen LogP contribution < -0.4 is 5.32 Å². The van der Waals surface area contributed by atoms with Gasteiger partial charge in [-0.1, -0.05) is 42.5 Å². The van der Waals surface area contributed by atoms with Crippen LogP contribution in [0.5, 0.6) is 0 Å². The molecule has 0 unspecified atom stereocenters. The molecule has 0 aromatic heterocycles. The monoisotopic (exact) mass is 253 g/mol. The summed E-state index contributed by atoms with van der Waals surface area (Å²) in [5, 5.41) is 3.10. The van der Waals surface area contributed by atoms with Crippen LogP contribution in [0.3, 0.4) is 0 Å². The van der Waals surface area contributed by atoms with Crippen LogP contribution in [0.4, 0.5) is 5.69 Å². The average Bonchev–Trinajstić information content (AvgIpc) is 2.48. The van der Waals surface area contributed by atoms with E-state index in [2.05, 4.69) is 5.32 Å². The summed E-state index contributed by atoms with van der Waals surface area (Å²) in [4.78, 5) is 11.6. The number of hydrogen-bond acceptors (Lipinski definition) is 3. The van der Waals surface area contributed by atoms with Crippen LogP contribution in [0.1, 0.15) is 15.9 Å². The SMILES string of the molecule is COC(=O)c1ccccc1NC=Cc1ccccc1. The van der Waals surface area contributed by atoms with Gasteiger partial charge in [-0.3, -0.25) is 0 Å². The quantitative estimate of drug-likeness (QED) is 0.847. The zero-order valence-electron chi connectivity index (χ0n) is 10.7. The first-order chi connectivity index (χ1) is 9.31. The highest BCUT2D eigenvalue weighted by Crippen LogP contribution is 2.16. The van der Waals surface area contributed by atoms with Gasteiger partial charge < -0.3 is 10.1 Å². The van der Waals surface area contributed by atoms with Gasteiger partial charge in [0.25, 0.3) is 0 Å². The summed E-state index contributed by atoms with van der Waals surface area (Å²) in [5.41, 5.74) is 2.33. The van der Waals surface area contributed by atoms with E-state index in [1.165, 1.54) is 7.11 Å². The van der Waals surface area contributed by atoms with Gasteiger partial charge in [0.2, 0.25) is 0 Å². The average molecular weight is 253 g/mol. The molecule has 0 fully saturated rings. The lowest BCUT2D eigenvalue weighted by Crippen LogP contribution is -2.04. The van der Waals surface area contributed by atoms with Crippen LogP contribution in [0.15, 0.2) is 60.8 Å². The molecule has 0 radical (unpaired) electrons. The van der Waals surface area contributed by atoms with Crippen molar-refractivity contribution in [1.29, 1.82) is 0 Å². The van der Waals surface area contributed by atoms with Crippen LogP contribution in [0.2, 0.25) is 0 Å². The van der Waals surface area contributed by atoms with Gasteiger partial charge >= 0.3 is 5.97 Å². The first kappa shape index (κ1) is 12.9. The smallest absolute Gasteiger partial charge is 0.339 e. The topological polar surface area (TPSA) is 38.3 Å². The van der Waals surface area contributed by atoms with Gasteiger partial charge in [0, 0.05) is 6.20 Å². The Kier molecular flexibility index (Phi) is 4.34. The highest BCUT2D eigenvalue weighted by molar-refractivity contribution is 5.95. The van der Waals surface area contributed by atoms with Crippen molar-refractivity contribution >= 4 is 17.7 Å². The predicted octanol–water partition coefficient (Wildman–Crippen LogP) is 3.56. The molecule has 3 heteroatoms. The van der Waals surface area contributed by atoms with Crippen LogP contribution in [0.25, 0.3) is 6.08 Å². The molecule has 0 aliphatic carbocycles. The second-order valence-electron chi connectivity index (χ2n) is 3.93. The summed E-state index contributed by atoms with van der Waals surface area (Å²) in [6.45, 7) is 0. The normalized spacial score (nSPS) is 10.4. The second-order valence-corrected chi connectivity index (χ2v) is 3.93. The van der Waals surface area contributed by atoms with Gasteiger partial charge in [-0.15, -0.1) is 0 Å². The molecule has 0 aliphatic rings. The lowest BCUT2D eigenvalue weighted by Gasteiger charge is -2.06. The largest absolute Gasteiger partial charge is 0.465 e. The van der Waals surface area contributed by atoms with Crippen molar-refractivity contribution < 1.29 is 9.53 Å². The van der Waals surface area contributed by atoms with E-state index in [1.807, 2.05) is 48.5 Å². The molecule has 2 aromatic carbocycles. The molecule has 0 saturated heterocycles. The van der Waals surface area contributed by atoms with Crippen LogP contribution in [-0.4, -0.2) is 13.1 Å². The number of rotatable bonds is 4. The number of hydrogen-bond donors (Lipinski definition) is 1. The standard InChI is InChI=1S/C16H15NO2/c1-19-16(18)14-9-5-6-10-15(14)17-12-11-13-7-3-2-4-8-13/h2-12,17H,1H3. The molecule has 0 spiro atoms. The van der Waals surface area contributed by atoms with Crippen molar-refractivity contribution in [2.24, 2.45) is 0 Å². The summed E-state index contributed by atoms with van der Waals surface area (Å²) >= 11 is 0. The predicted molar refractivity (Wildman–Crippen MR) is 76.9 cm³/mol. The Bertz CT molecular complexity index is 576. The number of carbonyl (C=O) groups is 1. The fourth-order valence-electron chi connectivity index (χ4n) is 1.69. The minimum absolute atomic E-state index is 0.351. The van der Waals surface area contributed by atoms with Gasteiger partial charge in [0.15, 0.2) is 0 Å². The Hall–Kier alpha value is -2.55. The number of benzene rings is 2. The first-order valence-electron chi connectivity index (χ1n) is 5.97. The van der Waals surface area contributed by atoms with Crippen LogP contribution in [0, 0.1) is 0 Å². The lowest BCUT2D eigenvalue weighted by atomic mass is 10.2. The molecule has 1 N–H and O–H groups in total. The minimum Gasteiger partial charge on any atom is -0.465 e. The zero-order chi connectivity index (χ0) is 13.5. The maximum absolute atomic E-state index is 11.6. The van der Waals surface area contributed by atoms with E-state index in [-0.39, 0.29) is 5.97 Å². The number of nitrogens with one attached hydrogen (secondary N) is 1. The highest BCUT2D eigenvalue weighted by Gasteiger charge is 2.09. The third kappa shape index (κ3) is 3.45. The van der Waals surface area contributed by atoms with Crippen molar-refractivity contribution in [3.8, 4) is 0 Å². The zero-order valence-corrected chi connectivity index (χ0v) is 10.7. The second kappa shape index (κ2) is 6.40. The van der Waals surface area contributed by atoms with E-state index < -0.39 is 0 Å². The van der Waals surface area contributed by atoms with Crippen molar-refractivity contribution in [2.45, 2.75) is 0 Å². The van der Waals surface area contributed by atoms with Gasteiger partial charge in [-0.05, 0) is 23.8 Å². The molecule has 0 amide bonds. The molecule has 2 aromatic rings. The molecule has 0 heterocycles.